The van der Waals surface area contributed by atoms with Crippen LogP contribution < -0.4 is 9.46 Å². The summed E-state index contributed by atoms with van der Waals surface area (Å²) in [6.07, 6.45) is 2.65. The summed E-state index contributed by atoms with van der Waals surface area (Å²) in [7, 11) is -1.91. The maximum Gasteiger partial charge on any atom is 0.233 e. The molecule has 0 bridgehead atoms. The van der Waals surface area contributed by atoms with Gasteiger partial charge in [-0.15, -0.1) is 0 Å². The lowest BCUT2D eigenvalue weighted by Crippen LogP contribution is -2.49. The van der Waals surface area contributed by atoms with Crippen molar-refractivity contribution in [3.8, 4) is 5.75 Å². The third-order valence-corrected chi connectivity index (χ3v) is 6.58. The first-order valence-corrected chi connectivity index (χ1v) is 12.4. The number of rotatable bonds is 10. The van der Waals surface area contributed by atoms with Gasteiger partial charge in [0.15, 0.2) is 0 Å². The molecule has 0 atom stereocenters. The van der Waals surface area contributed by atoms with E-state index in [-0.39, 0.29) is 18.9 Å². The molecule has 0 spiro atoms. The van der Waals surface area contributed by atoms with Gasteiger partial charge in [0.2, 0.25) is 15.9 Å². The highest BCUT2D eigenvalue weighted by atomic mass is 32.2. The largest absolute Gasteiger partial charge is 0.497 e. The first-order chi connectivity index (χ1) is 15.4. The van der Waals surface area contributed by atoms with Gasteiger partial charge in [-0.25, -0.2) is 13.1 Å². The van der Waals surface area contributed by atoms with Crippen molar-refractivity contribution in [1.82, 2.24) is 14.5 Å². The van der Waals surface area contributed by atoms with Crippen LogP contribution in [0.4, 0.5) is 0 Å². The summed E-state index contributed by atoms with van der Waals surface area (Å²) < 4.78 is 31.8. The van der Waals surface area contributed by atoms with Crippen molar-refractivity contribution in [3.05, 3.63) is 71.1 Å². The van der Waals surface area contributed by atoms with Crippen LogP contribution in [-0.4, -0.2) is 70.5 Å². The van der Waals surface area contributed by atoms with E-state index in [1.807, 2.05) is 47.4 Å². The molecule has 2 aromatic carbocycles. The Morgan fingerprint density at radius 3 is 2.38 bits per heavy atom. The number of hydrogen-bond donors (Lipinski definition) is 1. The van der Waals surface area contributed by atoms with Gasteiger partial charge >= 0.3 is 0 Å². The number of amides is 1. The highest BCUT2D eigenvalue weighted by molar-refractivity contribution is 7.92. The van der Waals surface area contributed by atoms with Gasteiger partial charge < -0.3 is 9.64 Å². The predicted octanol–water partition coefficient (Wildman–Crippen LogP) is 2.36. The van der Waals surface area contributed by atoms with Crippen molar-refractivity contribution in [1.29, 1.82) is 0 Å². The molecule has 8 heteroatoms. The van der Waals surface area contributed by atoms with Crippen LogP contribution in [0.2, 0.25) is 0 Å². The Labute approximate surface area is 190 Å². The van der Waals surface area contributed by atoms with Crippen molar-refractivity contribution in [3.63, 3.8) is 0 Å². The molecule has 0 radical (unpaired) electrons. The summed E-state index contributed by atoms with van der Waals surface area (Å²) in [5.41, 5.74) is 2.07. The van der Waals surface area contributed by atoms with E-state index in [4.69, 9.17) is 4.74 Å². The Kier molecular flexibility index (Phi) is 8.84. The number of methoxy groups -OCH3 is 1. The average molecular weight is 458 g/mol. The van der Waals surface area contributed by atoms with Crippen molar-refractivity contribution in [2.45, 2.75) is 12.8 Å². The minimum atomic E-state index is -3.57. The smallest absolute Gasteiger partial charge is 0.233 e. The molecule has 2 aromatic rings. The van der Waals surface area contributed by atoms with Gasteiger partial charge in [-0.1, -0.05) is 42.5 Å². The molecule has 1 saturated heterocycles. The van der Waals surface area contributed by atoms with Crippen molar-refractivity contribution < 1.29 is 17.9 Å². The van der Waals surface area contributed by atoms with Gasteiger partial charge in [0.05, 0.1) is 7.11 Å². The molecule has 1 aliphatic rings. The second-order valence-corrected chi connectivity index (χ2v) is 9.37. The van der Waals surface area contributed by atoms with Crippen molar-refractivity contribution >= 4 is 22.0 Å². The molecule has 7 nitrogen and oxygen atoms in total. The molecule has 172 valence electrons. The number of sulfonamides is 1. The fourth-order valence-electron chi connectivity index (χ4n) is 3.54. The van der Waals surface area contributed by atoms with Crippen LogP contribution in [0, 0.1) is 0 Å². The maximum atomic E-state index is 12.5. The number of nitrogens with one attached hydrogen (secondary N) is 1. The fraction of sp³-hybridized carbons (Fsp3) is 0.375. The fourth-order valence-corrected chi connectivity index (χ4v) is 4.36. The topological polar surface area (TPSA) is 79.0 Å². The summed E-state index contributed by atoms with van der Waals surface area (Å²) in [6, 6.07) is 17.3. The first kappa shape index (κ1) is 24.0. The Balaban J connectivity index is 1.34. The minimum absolute atomic E-state index is 0.0189. The average Bonchev–Trinajstić information content (AvgIpc) is 2.82. The zero-order valence-electron chi connectivity index (χ0n) is 18.4. The molecule has 0 aliphatic carbocycles. The van der Waals surface area contributed by atoms with Crippen molar-refractivity contribution in [2.24, 2.45) is 0 Å². The molecular weight excluding hydrogens is 426 g/mol. The number of benzene rings is 2. The monoisotopic (exact) mass is 457 g/mol. The molecule has 3 rings (SSSR count). The zero-order chi connectivity index (χ0) is 22.8. The Hall–Kier alpha value is -2.68. The second kappa shape index (κ2) is 11.8. The van der Waals surface area contributed by atoms with E-state index in [9.17, 15) is 13.2 Å². The third-order valence-electron chi connectivity index (χ3n) is 5.48. The molecule has 32 heavy (non-hydrogen) atoms. The molecule has 1 fully saturated rings. The standard InChI is InChI=1S/C24H31N3O4S/c1-31-23-9-7-22(8-10-23)12-15-26-16-18-27(19-17-26)24(28)11-14-25-32(29,30)20-13-21-5-3-2-4-6-21/h2-10,13,20,25H,11-12,14-19H2,1H3/b20-13+. The van der Waals surface area contributed by atoms with Gasteiger partial charge in [-0.3, -0.25) is 9.69 Å². The summed E-state index contributed by atoms with van der Waals surface area (Å²) in [6.45, 7) is 4.03. The number of carbonyl (C=O) groups excluding carboxylic acids is 1. The lowest BCUT2D eigenvalue weighted by molar-refractivity contribution is -0.132. The number of nitrogens with zero attached hydrogens (tertiary/aromatic N) is 2. The summed E-state index contributed by atoms with van der Waals surface area (Å²) in [5.74, 6) is 0.838. The van der Waals surface area contributed by atoms with E-state index >= 15 is 0 Å². The normalized spacial score (nSPS) is 15.2. The summed E-state index contributed by atoms with van der Waals surface area (Å²) in [4.78, 5) is 16.6. The van der Waals surface area contributed by atoms with E-state index in [1.165, 1.54) is 11.6 Å². The summed E-state index contributed by atoms with van der Waals surface area (Å²) in [5, 5.41) is 1.13. The number of hydrogen-bond acceptors (Lipinski definition) is 5. The highest BCUT2D eigenvalue weighted by Crippen LogP contribution is 2.13. The van der Waals surface area contributed by atoms with Crippen LogP contribution in [0.1, 0.15) is 17.5 Å². The van der Waals surface area contributed by atoms with Crippen LogP contribution >= 0.6 is 0 Å². The van der Waals surface area contributed by atoms with Crippen molar-refractivity contribution in [2.75, 3.05) is 46.4 Å². The first-order valence-electron chi connectivity index (χ1n) is 10.8. The third kappa shape index (κ3) is 7.78. The van der Waals surface area contributed by atoms with E-state index in [2.05, 4.69) is 21.8 Å². The number of ether oxygens (including phenoxy) is 1. The predicted molar refractivity (Wildman–Crippen MR) is 127 cm³/mol. The SMILES string of the molecule is COc1ccc(CCN2CCN(C(=O)CCNS(=O)(=O)/C=C/c3ccccc3)CC2)cc1. The Morgan fingerprint density at radius 1 is 1.03 bits per heavy atom. The van der Waals surface area contributed by atoms with Gasteiger partial charge in [0, 0.05) is 51.1 Å². The van der Waals surface area contributed by atoms with E-state index in [0.717, 1.165) is 42.8 Å². The number of piperazine rings is 1. The number of carbonyl (C=O) groups is 1. The lowest BCUT2D eigenvalue weighted by Gasteiger charge is -2.34. The van der Waals surface area contributed by atoms with E-state index in [1.54, 1.807) is 7.11 Å². The van der Waals surface area contributed by atoms with Crippen LogP contribution in [-0.2, 0) is 21.2 Å². The highest BCUT2D eigenvalue weighted by Gasteiger charge is 2.21. The molecule has 1 amide bonds. The molecule has 1 aliphatic heterocycles. The van der Waals surface area contributed by atoms with Gasteiger partial charge in [0.1, 0.15) is 5.75 Å². The van der Waals surface area contributed by atoms with Crippen LogP contribution in [0.5, 0.6) is 5.75 Å². The Morgan fingerprint density at radius 2 is 1.72 bits per heavy atom. The van der Waals surface area contributed by atoms with Crippen LogP contribution in [0.15, 0.2) is 60.0 Å². The lowest BCUT2D eigenvalue weighted by atomic mass is 10.1. The maximum absolute atomic E-state index is 12.5. The van der Waals surface area contributed by atoms with Crippen LogP contribution in [0.25, 0.3) is 6.08 Å². The molecule has 1 N–H and O–H groups in total. The minimum Gasteiger partial charge on any atom is -0.497 e. The molecule has 0 saturated carbocycles. The quantitative estimate of drug-likeness (QED) is 0.593. The van der Waals surface area contributed by atoms with Gasteiger partial charge in [-0.05, 0) is 35.8 Å². The Bertz CT molecular complexity index is 984. The molecular formula is C24H31N3O4S. The summed E-state index contributed by atoms with van der Waals surface area (Å²) >= 11 is 0. The van der Waals surface area contributed by atoms with Gasteiger partial charge in [0.25, 0.3) is 0 Å². The van der Waals surface area contributed by atoms with Gasteiger partial charge in [-0.2, -0.15) is 0 Å². The van der Waals surface area contributed by atoms with E-state index in [0.29, 0.717) is 13.1 Å². The van der Waals surface area contributed by atoms with E-state index < -0.39 is 10.0 Å². The second-order valence-electron chi connectivity index (χ2n) is 7.72. The molecule has 0 aromatic heterocycles. The zero-order valence-corrected chi connectivity index (χ0v) is 19.3. The molecule has 1 heterocycles. The molecule has 0 unspecified atom stereocenters. The van der Waals surface area contributed by atoms with Crippen LogP contribution in [0.3, 0.4) is 0 Å².